The Kier molecular flexibility index (Phi) is 3.23. The number of ether oxygens (including phenoxy) is 1. The SMILES string of the molecule is COc1ccnc(NOc2ccccc2)c1. The molecule has 16 heavy (non-hydrogen) atoms. The van der Waals surface area contributed by atoms with E-state index in [9.17, 15) is 0 Å². The van der Waals surface area contributed by atoms with Gasteiger partial charge in [-0.3, -0.25) is 0 Å². The zero-order valence-electron chi connectivity index (χ0n) is 8.88. The minimum atomic E-state index is 0.600. The summed E-state index contributed by atoms with van der Waals surface area (Å²) >= 11 is 0. The number of hydrogen-bond donors (Lipinski definition) is 1. The second kappa shape index (κ2) is 5.02. The summed E-state index contributed by atoms with van der Waals surface area (Å²) < 4.78 is 5.07. The Hall–Kier alpha value is -2.23. The monoisotopic (exact) mass is 216 g/mol. The second-order valence-electron chi connectivity index (χ2n) is 3.10. The standard InChI is InChI=1S/C12H12N2O2/c1-15-11-7-8-13-12(9-11)14-16-10-5-3-2-4-6-10/h2-9H,1H3,(H,13,14). The third-order valence-corrected chi connectivity index (χ3v) is 1.98. The molecule has 0 atom stereocenters. The van der Waals surface area contributed by atoms with Crippen LogP contribution in [0.25, 0.3) is 0 Å². The van der Waals surface area contributed by atoms with Gasteiger partial charge in [0.1, 0.15) is 5.75 Å². The summed E-state index contributed by atoms with van der Waals surface area (Å²) in [4.78, 5) is 9.41. The normalized spacial score (nSPS) is 9.56. The lowest BCUT2D eigenvalue weighted by molar-refractivity contribution is 0.397. The van der Waals surface area contributed by atoms with Gasteiger partial charge in [-0.1, -0.05) is 18.2 Å². The molecule has 0 amide bonds. The maximum atomic E-state index is 5.32. The van der Waals surface area contributed by atoms with Crippen LogP contribution in [0.3, 0.4) is 0 Å². The topological polar surface area (TPSA) is 43.4 Å². The molecule has 1 aromatic heterocycles. The number of para-hydroxylation sites is 1. The summed E-state index contributed by atoms with van der Waals surface area (Å²) in [6.45, 7) is 0. The van der Waals surface area contributed by atoms with E-state index in [4.69, 9.17) is 9.57 Å². The van der Waals surface area contributed by atoms with Crippen LogP contribution < -0.4 is 15.1 Å². The van der Waals surface area contributed by atoms with Crippen LogP contribution in [-0.2, 0) is 0 Å². The summed E-state index contributed by atoms with van der Waals surface area (Å²) in [7, 11) is 1.61. The van der Waals surface area contributed by atoms with Crippen molar-refractivity contribution in [1.29, 1.82) is 0 Å². The van der Waals surface area contributed by atoms with Gasteiger partial charge in [0.25, 0.3) is 0 Å². The lowest BCUT2D eigenvalue weighted by Gasteiger charge is -2.07. The molecule has 2 aromatic rings. The first kappa shape index (κ1) is 10.3. The highest BCUT2D eigenvalue weighted by Gasteiger charge is 1.97. The largest absolute Gasteiger partial charge is 0.497 e. The highest BCUT2D eigenvalue weighted by atomic mass is 16.6. The van der Waals surface area contributed by atoms with E-state index in [2.05, 4.69) is 10.5 Å². The highest BCUT2D eigenvalue weighted by Crippen LogP contribution is 2.15. The van der Waals surface area contributed by atoms with Gasteiger partial charge in [-0.2, -0.15) is 0 Å². The Morgan fingerprint density at radius 1 is 1.06 bits per heavy atom. The Bertz CT molecular complexity index is 446. The third kappa shape index (κ3) is 2.63. The number of pyridine rings is 1. The molecule has 0 spiro atoms. The van der Waals surface area contributed by atoms with Crippen LogP contribution in [0.15, 0.2) is 48.7 Å². The molecule has 0 saturated carbocycles. The lowest BCUT2D eigenvalue weighted by Crippen LogP contribution is -2.05. The van der Waals surface area contributed by atoms with Crippen molar-refractivity contribution in [3.63, 3.8) is 0 Å². The van der Waals surface area contributed by atoms with Crippen LogP contribution in [0.1, 0.15) is 0 Å². The molecule has 1 N–H and O–H groups in total. The van der Waals surface area contributed by atoms with Crippen molar-refractivity contribution in [3.8, 4) is 11.5 Å². The zero-order valence-corrected chi connectivity index (χ0v) is 8.88. The van der Waals surface area contributed by atoms with Gasteiger partial charge in [0.2, 0.25) is 0 Å². The summed E-state index contributed by atoms with van der Waals surface area (Å²) in [5, 5.41) is 0. The van der Waals surface area contributed by atoms with E-state index in [0.29, 0.717) is 5.82 Å². The molecule has 4 nitrogen and oxygen atoms in total. The van der Waals surface area contributed by atoms with Gasteiger partial charge in [-0.05, 0) is 18.2 Å². The molecule has 0 aliphatic rings. The van der Waals surface area contributed by atoms with E-state index < -0.39 is 0 Å². The molecule has 1 aromatic carbocycles. The molecule has 0 aliphatic heterocycles. The molecule has 0 bridgehead atoms. The van der Waals surface area contributed by atoms with E-state index in [0.717, 1.165) is 11.5 Å². The maximum Gasteiger partial charge on any atom is 0.163 e. The van der Waals surface area contributed by atoms with E-state index in [-0.39, 0.29) is 0 Å². The number of methoxy groups -OCH3 is 1. The minimum Gasteiger partial charge on any atom is -0.497 e. The van der Waals surface area contributed by atoms with Gasteiger partial charge >= 0.3 is 0 Å². The molecule has 0 fully saturated rings. The molecule has 4 heteroatoms. The number of benzene rings is 1. The Labute approximate surface area is 93.8 Å². The van der Waals surface area contributed by atoms with Crippen LogP contribution in [0.2, 0.25) is 0 Å². The van der Waals surface area contributed by atoms with E-state index in [1.54, 1.807) is 25.4 Å². The van der Waals surface area contributed by atoms with Gasteiger partial charge in [0, 0.05) is 12.3 Å². The van der Waals surface area contributed by atoms with Gasteiger partial charge in [0.15, 0.2) is 11.6 Å². The number of aromatic nitrogens is 1. The fourth-order valence-corrected chi connectivity index (χ4v) is 1.19. The first-order chi connectivity index (χ1) is 7.88. The van der Waals surface area contributed by atoms with Crippen molar-refractivity contribution in [1.82, 2.24) is 4.98 Å². The number of nitrogens with zero attached hydrogens (tertiary/aromatic N) is 1. The van der Waals surface area contributed by atoms with Crippen LogP contribution in [-0.4, -0.2) is 12.1 Å². The molecule has 0 radical (unpaired) electrons. The first-order valence-corrected chi connectivity index (χ1v) is 4.86. The number of rotatable bonds is 4. The minimum absolute atomic E-state index is 0.600. The fourth-order valence-electron chi connectivity index (χ4n) is 1.19. The quantitative estimate of drug-likeness (QED) is 0.797. The number of hydrogen-bond acceptors (Lipinski definition) is 4. The lowest BCUT2D eigenvalue weighted by atomic mass is 10.3. The van der Waals surface area contributed by atoms with Crippen molar-refractivity contribution in [2.75, 3.05) is 12.6 Å². The predicted molar refractivity (Wildman–Crippen MR) is 61.5 cm³/mol. The molecule has 0 aliphatic carbocycles. The van der Waals surface area contributed by atoms with Crippen molar-refractivity contribution in [2.24, 2.45) is 0 Å². The van der Waals surface area contributed by atoms with E-state index >= 15 is 0 Å². The van der Waals surface area contributed by atoms with E-state index in [1.165, 1.54) is 0 Å². The third-order valence-electron chi connectivity index (χ3n) is 1.98. The molecular weight excluding hydrogens is 204 g/mol. The van der Waals surface area contributed by atoms with Crippen molar-refractivity contribution < 1.29 is 9.57 Å². The second-order valence-corrected chi connectivity index (χ2v) is 3.10. The fraction of sp³-hybridized carbons (Fsp3) is 0.0833. The molecule has 1 heterocycles. The number of nitrogens with one attached hydrogen (secondary N) is 1. The summed E-state index contributed by atoms with van der Waals surface area (Å²) in [5.74, 6) is 2.06. The van der Waals surface area contributed by atoms with Crippen LogP contribution in [0.4, 0.5) is 5.82 Å². The van der Waals surface area contributed by atoms with Gasteiger partial charge in [0.05, 0.1) is 7.11 Å². The maximum absolute atomic E-state index is 5.32. The van der Waals surface area contributed by atoms with Crippen molar-refractivity contribution >= 4 is 5.82 Å². The average molecular weight is 216 g/mol. The Morgan fingerprint density at radius 3 is 2.62 bits per heavy atom. The van der Waals surface area contributed by atoms with Crippen LogP contribution in [0.5, 0.6) is 11.5 Å². The van der Waals surface area contributed by atoms with Gasteiger partial charge < -0.3 is 9.57 Å². The zero-order chi connectivity index (χ0) is 11.2. The average Bonchev–Trinajstić information content (AvgIpc) is 2.38. The molecule has 2 rings (SSSR count). The van der Waals surface area contributed by atoms with Gasteiger partial charge in [-0.15, -0.1) is 0 Å². The summed E-state index contributed by atoms with van der Waals surface area (Å²) in [6, 6.07) is 13.0. The molecule has 82 valence electrons. The van der Waals surface area contributed by atoms with Crippen molar-refractivity contribution in [3.05, 3.63) is 48.7 Å². The number of anilines is 1. The highest BCUT2D eigenvalue weighted by molar-refractivity contribution is 5.39. The Balaban J connectivity index is 1.99. The van der Waals surface area contributed by atoms with E-state index in [1.807, 2.05) is 30.3 Å². The molecule has 0 unspecified atom stereocenters. The summed E-state index contributed by atoms with van der Waals surface area (Å²) in [5.41, 5.74) is 2.74. The van der Waals surface area contributed by atoms with Gasteiger partial charge in [-0.25, -0.2) is 10.5 Å². The van der Waals surface area contributed by atoms with Crippen LogP contribution in [0, 0.1) is 0 Å². The molecule has 0 saturated heterocycles. The van der Waals surface area contributed by atoms with Crippen molar-refractivity contribution in [2.45, 2.75) is 0 Å². The van der Waals surface area contributed by atoms with Crippen LogP contribution >= 0.6 is 0 Å². The summed E-state index contributed by atoms with van der Waals surface area (Å²) in [6.07, 6.45) is 1.65. The molecular formula is C12H12N2O2. The first-order valence-electron chi connectivity index (χ1n) is 4.86. The Morgan fingerprint density at radius 2 is 1.88 bits per heavy atom. The smallest absolute Gasteiger partial charge is 0.163 e. The predicted octanol–water partition coefficient (Wildman–Crippen LogP) is 2.50.